The monoisotopic (exact) mass is 469 g/mol. The molecule has 0 aromatic heterocycles. The van der Waals surface area contributed by atoms with Crippen molar-refractivity contribution >= 4 is 34.5 Å². The van der Waals surface area contributed by atoms with Crippen LogP contribution in [0.15, 0.2) is 60.7 Å². The van der Waals surface area contributed by atoms with E-state index >= 15 is 0 Å². The average Bonchev–Trinajstić information content (AvgIpc) is 3.45. The molecule has 1 amide bonds. The second-order valence-corrected chi connectivity index (χ2v) is 8.94. The zero-order valence-electron chi connectivity index (χ0n) is 20.0. The van der Waals surface area contributed by atoms with E-state index < -0.39 is 5.97 Å². The van der Waals surface area contributed by atoms with Crippen molar-refractivity contribution < 1.29 is 19.1 Å². The van der Waals surface area contributed by atoms with Crippen molar-refractivity contribution in [3.63, 3.8) is 0 Å². The van der Waals surface area contributed by atoms with Gasteiger partial charge in [-0.2, -0.15) is 0 Å². The summed E-state index contributed by atoms with van der Waals surface area (Å²) >= 11 is 0. The van der Waals surface area contributed by atoms with Crippen LogP contribution in [0.3, 0.4) is 0 Å². The predicted octanol–water partition coefficient (Wildman–Crippen LogP) is 4.40. The quantitative estimate of drug-likeness (QED) is 0.412. The first-order chi connectivity index (χ1) is 16.9. The second kappa shape index (κ2) is 9.27. The minimum absolute atomic E-state index is 0.241. The summed E-state index contributed by atoms with van der Waals surface area (Å²) in [6.07, 6.45) is 0.877. The molecular formula is C28H27N3O4. The van der Waals surface area contributed by atoms with Gasteiger partial charge in [0, 0.05) is 29.8 Å². The third-order valence-corrected chi connectivity index (χ3v) is 6.14. The number of hydrogen-bond donors (Lipinski definition) is 2. The van der Waals surface area contributed by atoms with E-state index in [1.807, 2.05) is 44.4 Å². The molecule has 2 aliphatic rings. The normalized spacial score (nSPS) is 15.3. The summed E-state index contributed by atoms with van der Waals surface area (Å²) in [5.74, 6) is 0.143. The zero-order chi connectivity index (χ0) is 24.5. The van der Waals surface area contributed by atoms with Gasteiger partial charge in [0.2, 0.25) is 0 Å². The van der Waals surface area contributed by atoms with Gasteiger partial charge in [-0.05, 0) is 55.6 Å². The summed E-state index contributed by atoms with van der Waals surface area (Å²) in [6, 6.07) is 19.3. The number of methoxy groups -OCH3 is 1. The van der Waals surface area contributed by atoms with Crippen molar-refractivity contribution in [1.29, 1.82) is 0 Å². The Morgan fingerprint density at radius 3 is 2.57 bits per heavy atom. The van der Waals surface area contributed by atoms with Gasteiger partial charge in [-0.15, -0.1) is 0 Å². The van der Waals surface area contributed by atoms with Gasteiger partial charge in [0.05, 0.1) is 36.2 Å². The Bertz CT molecular complexity index is 1340. The van der Waals surface area contributed by atoms with Gasteiger partial charge >= 0.3 is 5.97 Å². The largest absolute Gasteiger partial charge is 0.493 e. The lowest BCUT2D eigenvalue weighted by Crippen LogP contribution is -2.11. The second-order valence-electron chi connectivity index (χ2n) is 8.94. The molecule has 178 valence electrons. The number of nitrogens with one attached hydrogen (secondary N) is 2. The lowest BCUT2D eigenvalue weighted by molar-refractivity contribution is -0.110. The highest BCUT2D eigenvalue weighted by Gasteiger charge is 2.30. The molecule has 0 unspecified atom stereocenters. The van der Waals surface area contributed by atoms with Gasteiger partial charge in [-0.3, -0.25) is 4.79 Å². The van der Waals surface area contributed by atoms with E-state index in [9.17, 15) is 9.59 Å². The van der Waals surface area contributed by atoms with Crippen LogP contribution < -0.4 is 15.4 Å². The molecule has 7 nitrogen and oxygen atoms in total. The van der Waals surface area contributed by atoms with Crippen LogP contribution >= 0.6 is 0 Å². The molecular weight excluding hydrogens is 442 g/mol. The molecule has 2 N–H and O–H groups in total. The van der Waals surface area contributed by atoms with E-state index in [-0.39, 0.29) is 5.91 Å². The first-order valence-corrected chi connectivity index (χ1v) is 11.5. The lowest BCUT2D eigenvalue weighted by atomic mass is 9.98. The van der Waals surface area contributed by atoms with Crippen LogP contribution in [0.5, 0.6) is 5.75 Å². The molecule has 0 saturated heterocycles. The average molecular weight is 470 g/mol. The Morgan fingerprint density at radius 2 is 1.83 bits per heavy atom. The number of nitrogens with zero attached hydrogens (tertiary/aromatic N) is 1. The van der Waals surface area contributed by atoms with E-state index in [1.165, 1.54) is 12.7 Å². The standard InChI is InChI=1S/C28H27N3O4/c1-31(2)16-17-4-9-21(10-5-17)29-26(19-7-6-18-12-13-35-24(18)15-19)25-22-11-8-20(28(33)34-3)14-23(22)30-27(25)32/h4-11,14-15,29H,12-13,16H2,1-3H3,(H,30,32)/b26-25-. The molecule has 0 spiro atoms. The molecule has 0 fully saturated rings. The van der Waals surface area contributed by atoms with Crippen LogP contribution in [0.1, 0.15) is 32.6 Å². The third-order valence-electron chi connectivity index (χ3n) is 6.14. The molecule has 3 aromatic carbocycles. The van der Waals surface area contributed by atoms with Crippen molar-refractivity contribution in [3.05, 3.63) is 88.5 Å². The summed E-state index contributed by atoms with van der Waals surface area (Å²) in [7, 11) is 5.40. The van der Waals surface area contributed by atoms with Crippen molar-refractivity contribution in [3.8, 4) is 5.75 Å². The first kappa shape index (κ1) is 22.7. The molecule has 3 aromatic rings. The fraction of sp³-hybridized carbons (Fsp3) is 0.214. The topological polar surface area (TPSA) is 79.9 Å². The Morgan fingerprint density at radius 1 is 1.06 bits per heavy atom. The molecule has 2 heterocycles. The third kappa shape index (κ3) is 4.50. The zero-order valence-corrected chi connectivity index (χ0v) is 20.0. The Labute approximate surface area is 204 Å². The molecule has 7 heteroatoms. The van der Waals surface area contributed by atoms with Gasteiger partial charge in [0.25, 0.3) is 5.91 Å². The molecule has 5 rings (SSSR count). The van der Waals surface area contributed by atoms with Crippen LogP contribution in [0.4, 0.5) is 11.4 Å². The predicted molar refractivity (Wildman–Crippen MR) is 136 cm³/mol. The van der Waals surface area contributed by atoms with E-state index in [1.54, 1.807) is 18.2 Å². The molecule has 0 aliphatic carbocycles. The van der Waals surface area contributed by atoms with Gasteiger partial charge < -0.3 is 25.0 Å². The number of carbonyl (C=O) groups is 2. The molecule has 0 atom stereocenters. The number of carbonyl (C=O) groups excluding carboxylic acids is 2. The summed E-state index contributed by atoms with van der Waals surface area (Å²) in [5, 5.41) is 6.39. The van der Waals surface area contributed by atoms with E-state index in [0.717, 1.165) is 41.1 Å². The number of esters is 1. The number of ether oxygens (including phenoxy) is 2. The molecule has 0 saturated carbocycles. The fourth-order valence-electron chi connectivity index (χ4n) is 4.47. The van der Waals surface area contributed by atoms with E-state index in [0.29, 0.717) is 29.1 Å². The number of amides is 1. The summed E-state index contributed by atoms with van der Waals surface area (Å²) in [4.78, 5) is 27.3. The molecule has 2 aliphatic heterocycles. The minimum atomic E-state index is -0.452. The lowest BCUT2D eigenvalue weighted by Gasteiger charge is -2.16. The molecule has 0 radical (unpaired) electrons. The maximum atomic E-state index is 13.2. The van der Waals surface area contributed by atoms with Crippen LogP contribution in [0.25, 0.3) is 11.3 Å². The van der Waals surface area contributed by atoms with Gasteiger partial charge in [-0.25, -0.2) is 4.79 Å². The smallest absolute Gasteiger partial charge is 0.337 e. The van der Waals surface area contributed by atoms with Gasteiger partial charge in [-0.1, -0.05) is 30.3 Å². The number of fused-ring (bicyclic) bond motifs is 2. The SMILES string of the molecule is COC(=O)c1ccc2c(c1)NC(=O)/C2=C(\Nc1ccc(CN(C)C)cc1)c1ccc2c(c1)OCC2. The summed E-state index contributed by atoms with van der Waals surface area (Å²) in [6.45, 7) is 1.50. The number of rotatable bonds is 6. The van der Waals surface area contributed by atoms with Gasteiger partial charge in [0.1, 0.15) is 5.75 Å². The highest BCUT2D eigenvalue weighted by molar-refractivity contribution is 6.37. The van der Waals surface area contributed by atoms with Crippen molar-refractivity contribution in [1.82, 2.24) is 4.90 Å². The first-order valence-electron chi connectivity index (χ1n) is 11.5. The fourth-order valence-corrected chi connectivity index (χ4v) is 4.47. The number of anilines is 2. The van der Waals surface area contributed by atoms with Crippen LogP contribution in [-0.4, -0.2) is 44.6 Å². The summed E-state index contributed by atoms with van der Waals surface area (Å²) < 4.78 is 10.6. The highest BCUT2D eigenvalue weighted by Crippen LogP contribution is 2.39. The molecule has 0 bridgehead atoms. The van der Waals surface area contributed by atoms with Crippen LogP contribution in [-0.2, 0) is 22.5 Å². The summed E-state index contributed by atoms with van der Waals surface area (Å²) in [5.41, 5.74) is 6.91. The van der Waals surface area contributed by atoms with E-state index in [4.69, 9.17) is 9.47 Å². The van der Waals surface area contributed by atoms with Crippen molar-refractivity contribution in [2.45, 2.75) is 13.0 Å². The Hall–Kier alpha value is -4.10. The number of benzene rings is 3. The Kier molecular flexibility index (Phi) is 6.01. The maximum absolute atomic E-state index is 13.2. The van der Waals surface area contributed by atoms with E-state index in [2.05, 4.69) is 27.7 Å². The van der Waals surface area contributed by atoms with Gasteiger partial charge in [0.15, 0.2) is 0 Å². The minimum Gasteiger partial charge on any atom is -0.493 e. The van der Waals surface area contributed by atoms with Crippen molar-refractivity contribution in [2.75, 3.05) is 38.4 Å². The number of hydrogen-bond acceptors (Lipinski definition) is 6. The Balaban J connectivity index is 1.60. The molecule has 35 heavy (non-hydrogen) atoms. The maximum Gasteiger partial charge on any atom is 0.337 e. The van der Waals surface area contributed by atoms with Crippen LogP contribution in [0.2, 0.25) is 0 Å². The highest BCUT2D eigenvalue weighted by atomic mass is 16.5. The van der Waals surface area contributed by atoms with Crippen LogP contribution in [0, 0.1) is 0 Å². The van der Waals surface area contributed by atoms with Crippen molar-refractivity contribution in [2.24, 2.45) is 0 Å².